The van der Waals surface area contributed by atoms with Gasteiger partial charge in [-0.25, -0.2) is 0 Å². The minimum Gasteiger partial charge on any atom is -0.376 e. The molecule has 21 heavy (non-hydrogen) atoms. The first-order valence-electron chi connectivity index (χ1n) is 8.92. The van der Waals surface area contributed by atoms with Crippen LogP contribution in [0.3, 0.4) is 0 Å². The highest BCUT2D eigenvalue weighted by Gasteiger charge is 2.29. The monoisotopic (exact) mass is 297 g/mol. The summed E-state index contributed by atoms with van der Waals surface area (Å²) in [5.74, 6) is 0.709. The Labute approximate surface area is 131 Å². The van der Waals surface area contributed by atoms with Crippen molar-refractivity contribution in [3.63, 3.8) is 0 Å². The average molecular weight is 297 g/mol. The van der Waals surface area contributed by atoms with Gasteiger partial charge >= 0.3 is 0 Å². The van der Waals surface area contributed by atoms with E-state index in [1.54, 1.807) is 0 Å². The fourth-order valence-electron chi connectivity index (χ4n) is 3.37. The van der Waals surface area contributed by atoms with Gasteiger partial charge in [0.25, 0.3) is 0 Å². The van der Waals surface area contributed by atoms with E-state index in [0.29, 0.717) is 29.6 Å². The first-order chi connectivity index (χ1) is 9.94. The Morgan fingerprint density at radius 1 is 1.10 bits per heavy atom. The fraction of sp³-hybridized carbons (Fsp3) is 1.00. The summed E-state index contributed by atoms with van der Waals surface area (Å²) in [6.07, 6.45) is 8.56. The van der Waals surface area contributed by atoms with Gasteiger partial charge in [0, 0.05) is 6.54 Å². The van der Waals surface area contributed by atoms with Gasteiger partial charge in [-0.2, -0.15) is 0 Å². The second-order valence-corrected chi connectivity index (χ2v) is 8.21. The lowest BCUT2D eigenvalue weighted by Crippen LogP contribution is -2.31. The Kier molecular flexibility index (Phi) is 6.51. The van der Waals surface area contributed by atoms with E-state index in [2.05, 4.69) is 33.0 Å². The van der Waals surface area contributed by atoms with E-state index in [9.17, 15) is 0 Å². The summed E-state index contributed by atoms with van der Waals surface area (Å²) in [5.41, 5.74) is 0.525. The SMILES string of the molecule is CC(C)CNCC1CCC(COC2CCC(C)(C)CC2)O1. The van der Waals surface area contributed by atoms with Crippen LogP contribution in [0.25, 0.3) is 0 Å². The molecule has 2 fully saturated rings. The third-order valence-corrected chi connectivity index (χ3v) is 4.92. The van der Waals surface area contributed by atoms with Gasteiger partial charge in [-0.05, 0) is 56.4 Å². The van der Waals surface area contributed by atoms with E-state index >= 15 is 0 Å². The Hall–Kier alpha value is -0.120. The third-order valence-electron chi connectivity index (χ3n) is 4.92. The molecule has 0 amide bonds. The molecule has 1 saturated carbocycles. The van der Waals surface area contributed by atoms with Crippen molar-refractivity contribution in [2.24, 2.45) is 11.3 Å². The van der Waals surface area contributed by atoms with Crippen molar-refractivity contribution in [2.45, 2.75) is 84.5 Å². The molecule has 3 nitrogen and oxygen atoms in total. The van der Waals surface area contributed by atoms with Crippen LogP contribution in [0.2, 0.25) is 0 Å². The molecule has 2 unspecified atom stereocenters. The van der Waals surface area contributed by atoms with Crippen molar-refractivity contribution >= 4 is 0 Å². The lowest BCUT2D eigenvalue weighted by atomic mass is 9.76. The Bertz CT molecular complexity index is 294. The molecule has 3 heteroatoms. The highest BCUT2D eigenvalue weighted by molar-refractivity contribution is 4.80. The maximum absolute atomic E-state index is 6.11. The Balaban J connectivity index is 1.56. The predicted molar refractivity (Wildman–Crippen MR) is 87.6 cm³/mol. The van der Waals surface area contributed by atoms with Gasteiger partial charge in [-0.15, -0.1) is 0 Å². The van der Waals surface area contributed by atoms with Crippen molar-refractivity contribution in [1.29, 1.82) is 0 Å². The van der Waals surface area contributed by atoms with Gasteiger partial charge in [0.05, 0.1) is 24.9 Å². The van der Waals surface area contributed by atoms with E-state index in [0.717, 1.165) is 26.1 Å². The molecule has 2 atom stereocenters. The van der Waals surface area contributed by atoms with Crippen molar-refractivity contribution in [3.05, 3.63) is 0 Å². The van der Waals surface area contributed by atoms with Crippen LogP contribution in [0.15, 0.2) is 0 Å². The molecule has 1 saturated heterocycles. The van der Waals surface area contributed by atoms with Gasteiger partial charge in [0.1, 0.15) is 0 Å². The van der Waals surface area contributed by atoms with Crippen LogP contribution in [-0.2, 0) is 9.47 Å². The summed E-state index contributed by atoms with van der Waals surface area (Å²) in [4.78, 5) is 0. The first-order valence-corrected chi connectivity index (χ1v) is 8.92. The van der Waals surface area contributed by atoms with Gasteiger partial charge < -0.3 is 14.8 Å². The molecule has 0 radical (unpaired) electrons. The van der Waals surface area contributed by atoms with Crippen LogP contribution in [0.5, 0.6) is 0 Å². The molecule has 1 N–H and O–H groups in total. The summed E-state index contributed by atoms with van der Waals surface area (Å²) in [6, 6.07) is 0. The molecule has 1 aliphatic carbocycles. The Morgan fingerprint density at radius 2 is 1.76 bits per heavy atom. The summed E-state index contributed by atoms with van der Waals surface area (Å²) in [6.45, 7) is 12.1. The maximum atomic E-state index is 6.11. The molecular formula is C18H35NO2. The molecule has 2 aliphatic rings. The van der Waals surface area contributed by atoms with Crippen molar-refractivity contribution in [2.75, 3.05) is 19.7 Å². The molecule has 2 rings (SSSR count). The van der Waals surface area contributed by atoms with Crippen LogP contribution in [-0.4, -0.2) is 38.0 Å². The zero-order chi connectivity index (χ0) is 15.3. The minimum absolute atomic E-state index is 0.325. The van der Waals surface area contributed by atoms with Gasteiger partial charge in [0.15, 0.2) is 0 Å². The summed E-state index contributed by atoms with van der Waals surface area (Å²) < 4.78 is 12.2. The average Bonchev–Trinajstić information content (AvgIpc) is 2.85. The molecule has 0 bridgehead atoms. The van der Waals surface area contributed by atoms with Crippen LogP contribution in [0.4, 0.5) is 0 Å². The van der Waals surface area contributed by atoms with Crippen molar-refractivity contribution in [1.82, 2.24) is 5.32 Å². The quantitative estimate of drug-likeness (QED) is 0.776. The van der Waals surface area contributed by atoms with Crippen LogP contribution < -0.4 is 5.32 Å². The van der Waals surface area contributed by atoms with Crippen LogP contribution in [0, 0.1) is 11.3 Å². The zero-order valence-electron chi connectivity index (χ0n) is 14.5. The molecule has 1 heterocycles. The van der Waals surface area contributed by atoms with Gasteiger partial charge in [-0.1, -0.05) is 27.7 Å². The molecular weight excluding hydrogens is 262 g/mol. The van der Waals surface area contributed by atoms with E-state index in [1.807, 2.05) is 0 Å². The second-order valence-electron chi connectivity index (χ2n) is 8.21. The minimum atomic E-state index is 0.325. The Morgan fingerprint density at radius 3 is 2.43 bits per heavy atom. The molecule has 0 aromatic heterocycles. The largest absolute Gasteiger partial charge is 0.376 e. The van der Waals surface area contributed by atoms with E-state index in [4.69, 9.17) is 9.47 Å². The topological polar surface area (TPSA) is 30.5 Å². The van der Waals surface area contributed by atoms with Crippen molar-refractivity contribution in [3.8, 4) is 0 Å². The summed E-state index contributed by atoms with van der Waals surface area (Å²) >= 11 is 0. The lowest BCUT2D eigenvalue weighted by molar-refractivity contribution is -0.0584. The first kappa shape index (κ1) is 17.2. The standard InChI is InChI=1S/C18H35NO2/c1-14(2)11-19-12-16-5-6-17(21-16)13-20-15-7-9-18(3,4)10-8-15/h14-17,19H,5-13H2,1-4H3. The second kappa shape index (κ2) is 7.94. The third kappa shape index (κ3) is 6.25. The van der Waals surface area contributed by atoms with E-state index < -0.39 is 0 Å². The number of rotatable bonds is 7. The normalized spacial score (nSPS) is 30.1. The number of nitrogens with one attached hydrogen (secondary N) is 1. The smallest absolute Gasteiger partial charge is 0.0814 e. The molecule has 0 aromatic carbocycles. The van der Waals surface area contributed by atoms with E-state index in [-0.39, 0.29) is 0 Å². The van der Waals surface area contributed by atoms with Crippen molar-refractivity contribution < 1.29 is 9.47 Å². The van der Waals surface area contributed by atoms with Crippen LogP contribution >= 0.6 is 0 Å². The number of hydrogen-bond donors (Lipinski definition) is 1. The van der Waals surface area contributed by atoms with Gasteiger partial charge in [-0.3, -0.25) is 0 Å². The summed E-state index contributed by atoms with van der Waals surface area (Å²) in [5, 5.41) is 3.50. The molecule has 0 aromatic rings. The van der Waals surface area contributed by atoms with Crippen LogP contribution in [0.1, 0.15) is 66.2 Å². The highest BCUT2D eigenvalue weighted by Crippen LogP contribution is 2.36. The lowest BCUT2D eigenvalue weighted by Gasteiger charge is -2.34. The zero-order valence-corrected chi connectivity index (χ0v) is 14.5. The maximum Gasteiger partial charge on any atom is 0.0814 e. The predicted octanol–water partition coefficient (Wildman–Crippen LogP) is 3.77. The summed E-state index contributed by atoms with van der Waals surface area (Å²) in [7, 11) is 0. The molecule has 124 valence electrons. The molecule has 0 spiro atoms. The molecule has 1 aliphatic heterocycles. The number of ether oxygens (including phenoxy) is 2. The van der Waals surface area contributed by atoms with E-state index in [1.165, 1.54) is 32.1 Å². The highest BCUT2D eigenvalue weighted by atomic mass is 16.5. The number of hydrogen-bond acceptors (Lipinski definition) is 3. The fourth-order valence-corrected chi connectivity index (χ4v) is 3.37. The van der Waals surface area contributed by atoms with Gasteiger partial charge in [0.2, 0.25) is 0 Å².